The van der Waals surface area contributed by atoms with Crippen molar-refractivity contribution < 1.29 is 9.47 Å². The van der Waals surface area contributed by atoms with Crippen LogP contribution in [0.2, 0.25) is 0 Å². The van der Waals surface area contributed by atoms with Gasteiger partial charge in [0.2, 0.25) is 0 Å². The van der Waals surface area contributed by atoms with Crippen molar-refractivity contribution in [2.24, 2.45) is 7.05 Å². The number of ether oxygens (including phenoxy) is 2. The van der Waals surface area contributed by atoms with Crippen LogP contribution >= 0.6 is 11.3 Å². The molecule has 0 amide bonds. The molecule has 0 saturated carbocycles. The summed E-state index contributed by atoms with van der Waals surface area (Å²) in [5.41, 5.74) is 2.97. The van der Waals surface area contributed by atoms with Crippen LogP contribution in [0.4, 0.5) is 0 Å². The van der Waals surface area contributed by atoms with Gasteiger partial charge in [-0.3, -0.25) is 4.79 Å². The summed E-state index contributed by atoms with van der Waals surface area (Å²) in [4.78, 5) is 13.5. The molecule has 1 aromatic carbocycles. The third-order valence-corrected chi connectivity index (χ3v) is 5.33. The molecule has 0 aliphatic rings. The molecule has 0 fully saturated rings. The molecule has 0 bridgehead atoms. The Kier molecular flexibility index (Phi) is 4.83. The van der Waals surface area contributed by atoms with Gasteiger partial charge in [-0.25, -0.2) is 0 Å². The van der Waals surface area contributed by atoms with E-state index in [1.807, 2.05) is 38.4 Å². The summed E-state index contributed by atoms with van der Waals surface area (Å²) in [6.45, 7) is 2.67. The van der Waals surface area contributed by atoms with E-state index in [9.17, 15) is 4.79 Å². The summed E-state index contributed by atoms with van der Waals surface area (Å²) in [6, 6.07) is 5.96. The molecule has 2 aromatic heterocycles. The molecule has 0 spiro atoms. The summed E-state index contributed by atoms with van der Waals surface area (Å²) in [5.74, 6) is 1.53. The number of nitrogens with one attached hydrogen (secondary N) is 1. The number of pyridine rings is 1. The minimum atomic E-state index is 0.0221. The topological polar surface area (TPSA) is 52.5 Å². The fraction of sp³-hybridized carbons (Fsp3) is 0.316. The van der Waals surface area contributed by atoms with E-state index in [2.05, 4.69) is 5.32 Å². The second-order valence-corrected chi connectivity index (χ2v) is 7.20. The molecule has 1 N–H and O–H groups in total. The lowest BCUT2D eigenvalue weighted by molar-refractivity contribution is 0.384. The van der Waals surface area contributed by atoms with Crippen LogP contribution in [0.1, 0.15) is 10.4 Å². The first-order chi connectivity index (χ1) is 12.0. The summed E-state index contributed by atoms with van der Waals surface area (Å²) in [6.07, 6.45) is 1.88. The Morgan fingerprint density at radius 2 is 1.80 bits per heavy atom. The Morgan fingerprint density at radius 3 is 2.36 bits per heavy atom. The maximum absolute atomic E-state index is 12.4. The standard InChI is InChI=1S/C19H22N2O3S/c1-11-6-13-18(25-11)15(10-21(3)19(13)22)12-7-16(23-4)14(9-20-2)17(8-12)24-5/h6-8,10,20H,9H2,1-5H3. The number of hydrogen-bond acceptors (Lipinski definition) is 5. The van der Waals surface area contributed by atoms with Gasteiger partial charge in [-0.2, -0.15) is 0 Å². The molecule has 0 radical (unpaired) electrons. The van der Waals surface area contributed by atoms with Gasteiger partial charge in [-0.05, 0) is 37.7 Å². The fourth-order valence-corrected chi connectivity index (χ4v) is 4.11. The van der Waals surface area contributed by atoms with Crippen molar-refractivity contribution >= 4 is 21.4 Å². The van der Waals surface area contributed by atoms with Crippen LogP contribution in [-0.2, 0) is 13.6 Å². The number of rotatable bonds is 5. The third kappa shape index (κ3) is 3.03. The van der Waals surface area contributed by atoms with Crippen molar-refractivity contribution in [3.63, 3.8) is 0 Å². The van der Waals surface area contributed by atoms with Crippen LogP contribution < -0.4 is 20.3 Å². The van der Waals surface area contributed by atoms with E-state index >= 15 is 0 Å². The SMILES string of the molecule is CNCc1c(OC)cc(-c2cn(C)c(=O)c3cc(C)sc23)cc1OC. The Balaban J connectivity index is 2.32. The third-order valence-electron chi connectivity index (χ3n) is 4.25. The molecule has 132 valence electrons. The highest BCUT2D eigenvalue weighted by atomic mass is 32.1. The maximum atomic E-state index is 12.4. The number of methoxy groups -OCH3 is 2. The van der Waals surface area contributed by atoms with Crippen molar-refractivity contribution in [1.29, 1.82) is 0 Å². The van der Waals surface area contributed by atoms with Crippen LogP contribution in [0.3, 0.4) is 0 Å². The number of hydrogen-bond donors (Lipinski definition) is 1. The van der Waals surface area contributed by atoms with Crippen molar-refractivity contribution in [2.75, 3.05) is 21.3 Å². The van der Waals surface area contributed by atoms with Crippen LogP contribution in [0.5, 0.6) is 11.5 Å². The van der Waals surface area contributed by atoms with Crippen LogP contribution in [0.25, 0.3) is 21.2 Å². The van der Waals surface area contributed by atoms with E-state index in [-0.39, 0.29) is 5.56 Å². The number of aromatic nitrogens is 1. The van der Waals surface area contributed by atoms with Gasteiger partial charge < -0.3 is 19.4 Å². The molecule has 5 nitrogen and oxygen atoms in total. The maximum Gasteiger partial charge on any atom is 0.259 e. The summed E-state index contributed by atoms with van der Waals surface area (Å²) in [7, 11) is 6.98. The van der Waals surface area contributed by atoms with Crippen molar-refractivity contribution in [2.45, 2.75) is 13.5 Å². The van der Waals surface area contributed by atoms with Crippen LogP contribution in [-0.4, -0.2) is 25.8 Å². The second kappa shape index (κ2) is 6.90. The molecular weight excluding hydrogens is 336 g/mol. The zero-order valence-corrected chi connectivity index (χ0v) is 15.9. The second-order valence-electron chi connectivity index (χ2n) is 5.95. The molecule has 0 aliphatic heterocycles. The van der Waals surface area contributed by atoms with Crippen molar-refractivity contribution in [1.82, 2.24) is 9.88 Å². The highest BCUT2D eigenvalue weighted by Gasteiger charge is 2.17. The van der Waals surface area contributed by atoms with Gasteiger partial charge in [0, 0.05) is 40.5 Å². The van der Waals surface area contributed by atoms with E-state index in [1.165, 1.54) is 0 Å². The number of aryl methyl sites for hydroxylation is 2. The highest BCUT2D eigenvalue weighted by Crippen LogP contribution is 2.39. The van der Waals surface area contributed by atoms with Gasteiger partial charge in [-0.1, -0.05) is 0 Å². The van der Waals surface area contributed by atoms with E-state index < -0.39 is 0 Å². The molecule has 0 saturated heterocycles. The van der Waals surface area contributed by atoms with E-state index in [0.29, 0.717) is 6.54 Å². The monoisotopic (exact) mass is 358 g/mol. The average molecular weight is 358 g/mol. The first-order valence-electron chi connectivity index (χ1n) is 7.99. The lowest BCUT2D eigenvalue weighted by Gasteiger charge is -2.16. The first kappa shape index (κ1) is 17.5. The number of benzene rings is 1. The normalized spacial score (nSPS) is 11.1. The minimum Gasteiger partial charge on any atom is -0.496 e. The predicted octanol–water partition coefficient (Wildman–Crippen LogP) is 3.31. The van der Waals surface area contributed by atoms with Crippen LogP contribution in [0, 0.1) is 6.92 Å². The minimum absolute atomic E-state index is 0.0221. The molecule has 2 heterocycles. The van der Waals surface area contributed by atoms with E-state index in [4.69, 9.17) is 9.47 Å². The quantitative estimate of drug-likeness (QED) is 0.760. The van der Waals surface area contributed by atoms with Gasteiger partial charge in [0.15, 0.2) is 0 Å². The molecule has 3 rings (SSSR count). The number of thiophene rings is 1. The summed E-state index contributed by atoms with van der Waals surface area (Å²) < 4.78 is 13.8. The lowest BCUT2D eigenvalue weighted by Crippen LogP contribution is -2.15. The lowest BCUT2D eigenvalue weighted by atomic mass is 10.0. The Morgan fingerprint density at radius 1 is 1.16 bits per heavy atom. The predicted molar refractivity (Wildman–Crippen MR) is 103 cm³/mol. The summed E-state index contributed by atoms with van der Waals surface area (Å²) >= 11 is 1.63. The molecule has 0 unspecified atom stereocenters. The average Bonchev–Trinajstić information content (AvgIpc) is 3.00. The van der Waals surface area contributed by atoms with E-state index in [1.54, 1.807) is 37.2 Å². The van der Waals surface area contributed by atoms with Gasteiger partial charge in [0.25, 0.3) is 5.56 Å². The largest absolute Gasteiger partial charge is 0.496 e. The Bertz CT molecular complexity index is 963. The highest BCUT2D eigenvalue weighted by molar-refractivity contribution is 7.19. The molecule has 25 heavy (non-hydrogen) atoms. The van der Waals surface area contributed by atoms with Crippen molar-refractivity contribution in [3.8, 4) is 22.6 Å². The molecule has 6 heteroatoms. The molecule has 3 aromatic rings. The summed E-state index contributed by atoms with van der Waals surface area (Å²) in [5, 5.41) is 3.89. The smallest absolute Gasteiger partial charge is 0.259 e. The zero-order valence-electron chi connectivity index (χ0n) is 15.1. The fourth-order valence-electron chi connectivity index (χ4n) is 3.07. The Labute approximate surface area is 150 Å². The van der Waals surface area contributed by atoms with Gasteiger partial charge in [-0.15, -0.1) is 11.3 Å². The van der Waals surface area contributed by atoms with Crippen molar-refractivity contribution in [3.05, 3.63) is 45.2 Å². The molecule has 0 aliphatic carbocycles. The first-order valence-corrected chi connectivity index (χ1v) is 8.81. The number of fused-ring (bicyclic) bond motifs is 1. The molecular formula is C19H22N2O3S. The van der Waals surface area contributed by atoms with Gasteiger partial charge in [0.1, 0.15) is 11.5 Å². The zero-order chi connectivity index (χ0) is 18.1. The Hall–Kier alpha value is -2.31. The van der Waals surface area contributed by atoms with Gasteiger partial charge >= 0.3 is 0 Å². The van der Waals surface area contributed by atoms with E-state index in [0.717, 1.165) is 43.2 Å². The number of nitrogens with zero attached hydrogens (tertiary/aromatic N) is 1. The molecule has 0 atom stereocenters. The van der Waals surface area contributed by atoms with Gasteiger partial charge in [0.05, 0.1) is 19.6 Å². The van der Waals surface area contributed by atoms with Crippen LogP contribution in [0.15, 0.2) is 29.2 Å².